The van der Waals surface area contributed by atoms with E-state index in [1.165, 1.54) is 0 Å². The molecule has 2 rings (SSSR count). The van der Waals surface area contributed by atoms with E-state index < -0.39 is 0 Å². The molecule has 0 heterocycles. The van der Waals surface area contributed by atoms with Crippen LogP contribution in [0.4, 0.5) is 0 Å². The summed E-state index contributed by atoms with van der Waals surface area (Å²) in [6.07, 6.45) is 0. The van der Waals surface area contributed by atoms with Crippen molar-refractivity contribution >= 4 is 51.7 Å². The Labute approximate surface area is 148 Å². The molecule has 2 aromatic rings. The molecule has 0 saturated carbocycles. The van der Waals surface area contributed by atoms with E-state index in [0.29, 0.717) is 15.6 Å². The first-order chi connectivity index (χ1) is 9.90. The van der Waals surface area contributed by atoms with Gasteiger partial charge in [0.1, 0.15) is 0 Å². The maximum absolute atomic E-state index is 12.6. The predicted molar refractivity (Wildman–Crippen MR) is 96.1 cm³/mol. The number of amides is 1. The number of benzene rings is 2. The van der Waals surface area contributed by atoms with E-state index in [4.69, 9.17) is 23.2 Å². The summed E-state index contributed by atoms with van der Waals surface area (Å²) in [5.41, 5.74) is 1.65. The normalized spacial score (nSPS) is 12.0. The topological polar surface area (TPSA) is 20.3 Å². The first kappa shape index (κ1) is 16.6. The molecule has 110 valence electrons. The van der Waals surface area contributed by atoms with Gasteiger partial charge in [0, 0.05) is 20.7 Å². The molecule has 0 aliphatic rings. The van der Waals surface area contributed by atoms with Gasteiger partial charge in [-0.3, -0.25) is 4.79 Å². The van der Waals surface area contributed by atoms with Crippen molar-refractivity contribution in [3.8, 4) is 0 Å². The van der Waals surface area contributed by atoms with E-state index in [-0.39, 0.29) is 11.9 Å². The standard InChI is InChI=1S/C16H14Cl2INO/c1-10(11-3-5-12(17)6-4-11)20(2)16(21)14-9-13(18)7-8-15(14)19/h3-10H,1-2H3. The zero-order valence-electron chi connectivity index (χ0n) is 11.6. The van der Waals surface area contributed by atoms with E-state index in [9.17, 15) is 4.79 Å². The number of hydrogen-bond acceptors (Lipinski definition) is 1. The molecule has 2 aromatic carbocycles. The van der Waals surface area contributed by atoms with E-state index in [1.54, 1.807) is 24.1 Å². The minimum atomic E-state index is -0.0515. The fourth-order valence-corrected chi connectivity index (χ4v) is 2.86. The van der Waals surface area contributed by atoms with Crippen LogP contribution in [0.3, 0.4) is 0 Å². The number of halogens is 3. The molecule has 1 amide bonds. The van der Waals surface area contributed by atoms with Gasteiger partial charge in [0.05, 0.1) is 11.6 Å². The lowest BCUT2D eigenvalue weighted by atomic mass is 10.1. The number of carbonyl (C=O) groups excluding carboxylic acids is 1. The summed E-state index contributed by atoms with van der Waals surface area (Å²) in [6.45, 7) is 1.98. The molecular formula is C16H14Cl2INO. The number of hydrogen-bond donors (Lipinski definition) is 0. The van der Waals surface area contributed by atoms with Gasteiger partial charge in [0.2, 0.25) is 0 Å². The van der Waals surface area contributed by atoms with Crippen LogP contribution in [-0.2, 0) is 0 Å². The van der Waals surface area contributed by atoms with Gasteiger partial charge in [0.15, 0.2) is 0 Å². The minimum Gasteiger partial charge on any atom is -0.335 e. The van der Waals surface area contributed by atoms with Crippen molar-refractivity contribution in [2.75, 3.05) is 7.05 Å². The molecular weight excluding hydrogens is 420 g/mol. The van der Waals surface area contributed by atoms with Gasteiger partial charge >= 0.3 is 0 Å². The summed E-state index contributed by atoms with van der Waals surface area (Å²) in [5.74, 6) is -0.0515. The zero-order valence-corrected chi connectivity index (χ0v) is 15.3. The lowest BCUT2D eigenvalue weighted by Crippen LogP contribution is -2.30. The van der Waals surface area contributed by atoms with Gasteiger partial charge in [-0.25, -0.2) is 0 Å². The Kier molecular flexibility index (Phi) is 5.52. The highest BCUT2D eigenvalue weighted by molar-refractivity contribution is 14.1. The summed E-state index contributed by atoms with van der Waals surface area (Å²) >= 11 is 14.0. The summed E-state index contributed by atoms with van der Waals surface area (Å²) in [4.78, 5) is 14.3. The summed E-state index contributed by atoms with van der Waals surface area (Å²) in [6, 6.07) is 12.8. The molecule has 0 bridgehead atoms. The van der Waals surface area contributed by atoms with Crippen molar-refractivity contribution < 1.29 is 4.79 Å². The van der Waals surface area contributed by atoms with Crippen molar-refractivity contribution in [2.45, 2.75) is 13.0 Å². The van der Waals surface area contributed by atoms with Gasteiger partial charge in [-0.15, -0.1) is 0 Å². The van der Waals surface area contributed by atoms with E-state index >= 15 is 0 Å². The monoisotopic (exact) mass is 433 g/mol. The van der Waals surface area contributed by atoms with E-state index in [2.05, 4.69) is 22.6 Å². The van der Waals surface area contributed by atoms with E-state index in [0.717, 1.165) is 9.13 Å². The van der Waals surface area contributed by atoms with Crippen molar-refractivity contribution in [3.05, 3.63) is 67.2 Å². The molecule has 2 nitrogen and oxygen atoms in total. The van der Waals surface area contributed by atoms with Crippen molar-refractivity contribution in [1.82, 2.24) is 4.90 Å². The van der Waals surface area contributed by atoms with Gasteiger partial charge in [-0.05, 0) is 65.4 Å². The Morgan fingerprint density at radius 1 is 1.10 bits per heavy atom. The molecule has 0 fully saturated rings. The maximum atomic E-state index is 12.6. The van der Waals surface area contributed by atoms with Crippen LogP contribution in [0.25, 0.3) is 0 Å². The SMILES string of the molecule is CC(c1ccc(Cl)cc1)N(C)C(=O)c1cc(Cl)ccc1I. The first-order valence-corrected chi connectivity index (χ1v) is 8.21. The third kappa shape index (κ3) is 3.90. The van der Waals surface area contributed by atoms with Gasteiger partial charge in [-0.1, -0.05) is 35.3 Å². The highest BCUT2D eigenvalue weighted by Crippen LogP contribution is 2.25. The van der Waals surface area contributed by atoms with Crippen molar-refractivity contribution in [1.29, 1.82) is 0 Å². The molecule has 21 heavy (non-hydrogen) atoms. The molecule has 0 radical (unpaired) electrons. The first-order valence-electron chi connectivity index (χ1n) is 6.38. The summed E-state index contributed by atoms with van der Waals surface area (Å²) in [5, 5.41) is 1.25. The Bertz CT molecular complexity index is 658. The largest absolute Gasteiger partial charge is 0.335 e. The van der Waals surface area contributed by atoms with Gasteiger partial charge in [0.25, 0.3) is 5.91 Å². The Hall–Kier alpha value is -0.780. The fourth-order valence-electron chi connectivity index (χ4n) is 1.99. The smallest absolute Gasteiger partial charge is 0.255 e. The Morgan fingerprint density at radius 3 is 2.29 bits per heavy atom. The number of rotatable bonds is 3. The minimum absolute atomic E-state index is 0.0513. The van der Waals surface area contributed by atoms with Gasteiger partial charge in [-0.2, -0.15) is 0 Å². The average Bonchev–Trinajstić information content (AvgIpc) is 2.48. The molecule has 0 N–H and O–H groups in total. The zero-order chi connectivity index (χ0) is 15.6. The van der Waals surface area contributed by atoms with Crippen molar-refractivity contribution in [2.24, 2.45) is 0 Å². The third-order valence-electron chi connectivity index (χ3n) is 3.41. The van der Waals surface area contributed by atoms with Crippen LogP contribution in [-0.4, -0.2) is 17.9 Å². The molecule has 0 spiro atoms. The Balaban J connectivity index is 2.26. The van der Waals surface area contributed by atoms with Crippen LogP contribution >= 0.6 is 45.8 Å². The number of carbonyl (C=O) groups is 1. The maximum Gasteiger partial charge on any atom is 0.255 e. The lowest BCUT2D eigenvalue weighted by molar-refractivity contribution is 0.0741. The summed E-state index contributed by atoms with van der Waals surface area (Å²) in [7, 11) is 1.79. The van der Waals surface area contributed by atoms with Crippen LogP contribution in [0.5, 0.6) is 0 Å². The van der Waals surface area contributed by atoms with Crippen LogP contribution in [0.2, 0.25) is 10.0 Å². The average molecular weight is 434 g/mol. The fraction of sp³-hybridized carbons (Fsp3) is 0.188. The second-order valence-electron chi connectivity index (χ2n) is 4.77. The van der Waals surface area contributed by atoms with Crippen LogP contribution in [0.15, 0.2) is 42.5 Å². The molecule has 1 atom stereocenters. The van der Waals surface area contributed by atoms with E-state index in [1.807, 2.05) is 37.3 Å². The van der Waals surface area contributed by atoms with Crippen molar-refractivity contribution in [3.63, 3.8) is 0 Å². The molecule has 5 heteroatoms. The van der Waals surface area contributed by atoms with Crippen LogP contribution < -0.4 is 0 Å². The highest BCUT2D eigenvalue weighted by Gasteiger charge is 2.21. The van der Waals surface area contributed by atoms with Crippen LogP contribution in [0.1, 0.15) is 28.9 Å². The predicted octanol–water partition coefficient (Wildman–Crippen LogP) is 5.43. The second-order valence-corrected chi connectivity index (χ2v) is 6.80. The molecule has 0 aromatic heterocycles. The highest BCUT2D eigenvalue weighted by atomic mass is 127. The lowest BCUT2D eigenvalue weighted by Gasteiger charge is -2.26. The Morgan fingerprint density at radius 2 is 1.67 bits per heavy atom. The second kappa shape index (κ2) is 6.99. The number of nitrogens with zero attached hydrogens (tertiary/aromatic N) is 1. The van der Waals surface area contributed by atoms with Gasteiger partial charge < -0.3 is 4.90 Å². The molecule has 0 aliphatic heterocycles. The molecule has 1 unspecified atom stereocenters. The summed E-state index contributed by atoms with van der Waals surface area (Å²) < 4.78 is 0.886. The molecule has 0 aliphatic carbocycles. The quantitative estimate of drug-likeness (QED) is 0.591. The third-order valence-corrected chi connectivity index (χ3v) is 4.84. The molecule has 0 saturated heterocycles. The van der Waals surface area contributed by atoms with Crippen LogP contribution in [0, 0.1) is 3.57 Å².